The first-order valence-corrected chi connectivity index (χ1v) is 12.0. The van der Waals surface area contributed by atoms with Crippen molar-refractivity contribution < 1.29 is 9.53 Å². The van der Waals surface area contributed by atoms with Crippen molar-refractivity contribution >= 4 is 34.5 Å². The van der Waals surface area contributed by atoms with Crippen LogP contribution in [-0.4, -0.2) is 50.1 Å². The number of amides is 1. The van der Waals surface area contributed by atoms with Crippen LogP contribution in [0.3, 0.4) is 0 Å². The molecule has 3 aromatic rings. The molecule has 2 heterocycles. The predicted molar refractivity (Wildman–Crippen MR) is 132 cm³/mol. The number of anilines is 1. The minimum atomic E-state index is -0.0763. The monoisotopic (exact) mass is 469 g/mol. The average Bonchev–Trinajstić information content (AvgIpc) is 3.34. The van der Waals surface area contributed by atoms with Crippen molar-refractivity contribution in [2.24, 2.45) is 0 Å². The molecule has 1 amide bonds. The zero-order chi connectivity index (χ0) is 22.5. The number of benzene rings is 2. The summed E-state index contributed by atoms with van der Waals surface area (Å²) in [6.07, 6.45) is 0. The number of thiophene rings is 1. The number of rotatable bonds is 7. The molecular weight excluding hydrogens is 442 g/mol. The lowest BCUT2D eigenvalue weighted by atomic mass is 10.0. The lowest BCUT2D eigenvalue weighted by Gasteiger charge is -2.42. The number of halogens is 1. The van der Waals surface area contributed by atoms with E-state index in [0.29, 0.717) is 10.6 Å². The van der Waals surface area contributed by atoms with Crippen LogP contribution in [-0.2, 0) is 0 Å². The third-order valence-electron chi connectivity index (χ3n) is 5.92. The van der Waals surface area contributed by atoms with Gasteiger partial charge in [-0.25, -0.2) is 0 Å². The normalized spacial score (nSPS) is 16.4. The number of piperazine rings is 1. The van der Waals surface area contributed by atoms with E-state index in [0.717, 1.165) is 31.9 Å². The smallest absolute Gasteiger partial charge is 0.251 e. The van der Waals surface area contributed by atoms with Gasteiger partial charge in [0.05, 0.1) is 13.2 Å². The van der Waals surface area contributed by atoms with Gasteiger partial charge >= 0.3 is 0 Å². The van der Waals surface area contributed by atoms with Crippen molar-refractivity contribution in [3.8, 4) is 5.75 Å². The van der Waals surface area contributed by atoms with Crippen LogP contribution in [0.4, 0.5) is 5.69 Å². The molecule has 1 aliphatic heterocycles. The first kappa shape index (κ1) is 22.6. The van der Waals surface area contributed by atoms with Crippen LogP contribution in [0.2, 0.25) is 5.02 Å². The standard InChI is InChI=1S/C25H28ClN3O2S/c1-18(27-25(30)19-5-7-20(26)8-6-19)24(23-4-3-17-32-23)29-15-13-28(14-16-29)21-9-11-22(31-2)12-10-21/h3-12,17-18,24H,13-16H2,1-2H3,(H,27,30)/t18-,24+/m0/s1. The van der Waals surface area contributed by atoms with Crippen LogP contribution in [0.15, 0.2) is 66.0 Å². The molecule has 1 saturated heterocycles. The zero-order valence-electron chi connectivity index (χ0n) is 18.3. The summed E-state index contributed by atoms with van der Waals surface area (Å²) in [5.41, 5.74) is 1.83. The molecule has 4 rings (SSSR count). The van der Waals surface area contributed by atoms with E-state index in [4.69, 9.17) is 16.3 Å². The highest BCUT2D eigenvalue weighted by Gasteiger charge is 2.31. The maximum atomic E-state index is 12.8. The van der Waals surface area contributed by atoms with Crippen LogP contribution in [0.5, 0.6) is 5.75 Å². The molecule has 7 heteroatoms. The van der Waals surface area contributed by atoms with Gasteiger partial charge in [0.15, 0.2) is 0 Å². The second-order valence-corrected chi connectivity index (χ2v) is 9.37. The molecule has 5 nitrogen and oxygen atoms in total. The third kappa shape index (κ3) is 5.26. The van der Waals surface area contributed by atoms with Gasteiger partial charge in [-0.05, 0) is 66.9 Å². The Morgan fingerprint density at radius 3 is 2.31 bits per heavy atom. The van der Waals surface area contributed by atoms with E-state index in [1.807, 2.05) is 12.1 Å². The summed E-state index contributed by atoms with van der Waals surface area (Å²) < 4.78 is 5.28. The van der Waals surface area contributed by atoms with Gasteiger partial charge in [-0.15, -0.1) is 11.3 Å². The molecule has 1 fully saturated rings. The van der Waals surface area contributed by atoms with E-state index in [2.05, 4.69) is 51.7 Å². The van der Waals surface area contributed by atoms with Gasteiger partial charge in [0.2, 0.25) is 0 Å². The highest BCUT2D eigenvalue weighted by Crippen LogP contribution is 2.30. The fourth-order valence-corrected chi connectivity index (χ4v) is 5.31. The summed E-state index contributed by atoms with van der Waals surface area (Å²) in [5, 5.41) is 5.94. The maximum absolute atomic E-state index is 12.8. The average molecular weight is 470 g/mol. The first-order valence-electron chi connectivity index (χ1n) is 10.8. The molecule has 0 radical (unpaired) electrons. The highest BCUT2D eigenvalue weighted by molar-refractivity contribution is 7.10. The van der Waals surface area contributed by atoms with Crippen LogP contribution in [0, 0.1) is 0 Å². The van der Waals surface area contributed by atoms with Crippen molar-refractivity contribution in [3.05, 3.63) is 81.5 Å². The second-order valence-electron chi connectivity index (χ2n) is 7.95. The number of hydrogen-bond acceptors (Lipinski definition) is 5. The number of carbonyl (C=O) groups is 1. The van der Waals surface area contributed by atoms with E-state index >= 15 is 0 Å². The third-order valence-corrected chi connectivity index (χ3v) is 7.11. The van der Waals surface area contributed by atoms with Gasteiger partial charge in [0.1, 0.15) is 5.75 Å². The Morgan fingerprint density at radius 2 is 1.72 bits per heavy atom. The largest absolute Gasteiger partial charge is 0.497 e. The summed E-state index contributed by atoms with van der Waals surface area (Å²) in [7, 11) is 1.69. The lowest BCUT2D eigenvalue weighted by Crippen LogP contribution is -2.52. The topological polar surface area (TPSA) is 44.8 Å². The number of hydrogen-bond donors (Lipinski definition) is 1. The molecule has 1 N–H and O–H groups in total. The molecule has 0 saturated carbocycles. The van der Waals surface area contributed by atoms with Gasteiger partial charge in [-0.1, -0.05) is 17.7 Å². The highest BCUT2D eigenvalue weighted by atomic mass is 35.5. The van der Waals surface area contributed by atoms with Crippen molar-refractivity contribution in [3.63, 3.8) is 0 Å². The Hall–Kier alpha value is -2.54. The number of ether oxygens (including phenoxy) is 1. The van der Waals surface area contributed by atoms with Crippen LogP contribution in [0.25, 0.3) is 0 Å². The van der Waals surface area contributed by atoms with Crippen molar-refractivity contribution in [2.75, 3.05) is 38.2 Å². The molecule has 0 unspecified atom stereocenters. The van der Waals surface area contributed by atoms with E-state index in [-0.39, 0.29) is 18.0 Å². The summed E-state index contributed by atoms with van der Waals surface area (Å²) in [4.78, 5) is 19.0. The summed E-state index contributed by atoms with van der Waals surface area (Å²) in [6.45, 7) is 5.82. The van der Waals surface area contributed by atoms with E-state index in [1.54, 1.807) is 42.7 Å². The number of nitrogens with one attached hydrogen (secondary N) is 1. The molecule has 0 spiro atoms. The van der Waals surface area contributed by atoms with Gasteiger partial charge in [-0.3, -0.25) is 9.69 Å². The zero-order valence-corrected chi connectivity index (χ0v) is 19.9. The molecule has 1 aliphatic rings. The lowest BCUT2D eigenvalue weighted by molar-refractivity contribution is 0.0890. The first-order chi connectivity index (χ1) is 15.5. The quantitative estimate of drug-likeness (QED) is 0.523. The number of carbonyl (C=O) groups excluding carboxylic acids is 1. The molecule has 2 atom stereocenters. The summed E-state index contributed by atoms with van der Waals surface area (Å²) >= 11 is 7.71. The SMILES string of the molecule is COc1ccc(N2CCN([C@@H](c3cccs3)[C@H](C)NC(=O)c3ccc(Cl)cc3)CC2)cc1. The van der Waals surface area contributed by atoms with Crippen molar-refractivity contribution in [2.45, 2.75) is 19.0 Å². The molecule has 2 aromatic carbocycles. The van der Waals surface area contributed by atoms with Crippen molar-refractivity contribution in [1.82, 2.24) is 10.2 Å². The van der Waals surface area contributed by atoms with E-state index in [1.165, 1.54) is 10.6 Å². The maximum Gasteiger partial charge on any atom is 0.251 e. The van der Waals surface area contributed by atoms with Crippen LogP contribution in [0.1, 0.15) is 28.2 Å². The summed E-state index contributed by atoms with van der Waals surface area (Å²) in [6, 6.07) is 19.6. The van der Waals surface area contributed by atoms with Gasteiger partial charge < -0.3 is 15.0 Å². The molecular formula is C25H28ClN3O2S. The fraction of sp³-hybridized carbons (Fsp3) is 0.320. The Bertz CT molecular complexity index is 1000. The molecule has 168 valence electrons. The molecule has 1 aromatic heterocycles. The van der Waals surface area contributed by atoms with E-state index < -0.39 is 0 Å². The Labute approximate surface area is 198 Å². The van der Waals surface area contributed by atoms with Gasteiger partial charge in [-0.2, -0.15) is 0 Å². The Morgan fingerprint density at radius 1 is 1.03 bits per heavy atom. The van der Waals surface area contributed by atoms with Gasteiger partial charge in [0, 0.05) is 53.4 Å². The van der Waals surface area contributed by atoms with Crippen LogP contribution >= 0.6 is 22.9 Å². The molecule has 0 bridgehead atoms. The van der Waals surface area contributed by atoms with Crippen LogP contribution < -0.4 is 15.0 Å². The fourth-order valence-electron chi connectivity index (χ4n) is 4.22. The molecule has 32 heavy (non-hydrogen) atoms. The number of nitrogens with zero attached hydrogens (tertiary/aromatic N) is 2. The predicted octanol–water partition coefficient (Wildman–Crippen LogP) is 5.09. The van der Waals surface area contributed by atoms with Crippen molar-refractivity contribution in [1.29, 1.82) is 0 Å². The Balaban J connectivity index is 1.44. The number of methoxy groups -OCH3 is 1. The van der Waals surface area contributed by atoms with Gasteiger partial charge in [0.25, 0.3) is 5.91 Å². The second kappa shape index (κ2) is 10.4. The minimum Gasteiger partial charge on any atom is -0.497 e. The van der Waals surface area contributed by atoms with E-state index in [9.17, 15) is 4.79 Å². The minimum absolute atomic E-state index is 0.0376. The molecule has 0 aliphatic carbocycles. The Kier molecular flexibility index (Phi) is 7.35. The summed E-state index contributed by atoms with van der Waals surface area (Å²) in [5.74, 6) is 0.794.